The summed E-state index contributed by atoms with van der Waals surface area (Å²) in [4.78, 5) is 0. The lowest BCUT2D eigenvalue weighted by Crippen LogP contribution is -2.56. The van der Waals surface area contributed by atoms with Crippen LogP contribution < -0.4 is 16.4 Å². The molecule has 2 unspecified atom stereocenters. The zero-order valence-electron chi connectivity index (χ0n) is 14.9. The van der Waals surface area contributed by atoms with Crippen molar-refractivity contribution in [1.82, 2.24) is 5.32 Å². The molecule has 2 saturated heterocycles. The lowest BCUT2D eigenvalue weighted by Gasteiger charge is -2.39. The number of methoxy groups -OCH3 is 1. The van der Waals surface area contributed by atoms with E-state index in [0.29, 0.717) is 29.5 Å². The number of piperidine rings is 1. The van der Waals surface area contributed by atoms with E-state index in [1.165, 1.54) is 13.2 Å². The van der Waals surface area contributed by atoms with Crippen LogP contribution in [0.15, 0.2) is 29.8 Å². The summed E-state index contributed by atoms with van der Waals surface area (Å²) in [6.45, 7) is 1.30. The monoisotopic (exact) mass is 391 g/mol. The summed E-state index contributed by atoms with van der Waals surface area (Å²) in [7, 11) is 1.42. The maximum absolute atomic E-state index is 8.91. The fourth-order valence-corrected chi connectivity index (χ4v) is 3.54. The summed E-state index contributed by atoms with van der Waals surface area (Å²) in [6, 6.07) is 7.27. The molecule has 0 saturated carbocycles. The number of ether oxygens (including phenoxy) is 3. The number of nitrogens with one attached hydrogen (secondary N) is 3. The average Bonchev–Trinajstić information content (AvgIpc) is 2.63. The fraction of sp³-hybridized carbons (Fsp3) is 0.444. The van der Waals surface area contributed by atoms with Crippen molar-refractivity contribution in [3.05, 3.63) is 40.4 Å². The van der Waals surface area contributed by atoms with Crippen molar-refractivity contribution in [3.8, 4) is 6.07 Å². The van der Waals surface area contributed by atoms with Gasteiger partial charge in [-0.25, -0.2) is 0 Å². The van der Waals surface area contributed by atoms with Gasteiger partial charge in [0.1, 0.15) is 11.9 Å². The summed E-state index contributed by atoms with van der Waals surface area (Å²) >= 11 is 6.15. The standard InChI is InChI=1S/C18H22ClN5O3/c1-25-16(17(21)24-15-3-2-10(7-20)4-14(15)19)18(22)27-13-5-11-8-26-9-12(6-13)23-11/h2-4,11-13,22-24H,5-6,8-9,21H2,1H3/b17-16-,22-18?. The number of benzene rings is 1. The number of morpholine rings is 1. The highest BCUT2D eigenvalue weighted by molar-refractivity contribution is 6.33. The van der Waals surface area contributed by atoms with Crippen molar-refractivity contribution < 1.29 is 14.2 Å². The molecule has 5 N–H and O–H groups in total. The molecule has 2 fully saturated rings. The number of nitrogens with two attached hydrogens (primary N) is 1. The number of hydrogen-bond donors (Lipinski definition) is 4. The van der Waals surface area contributed by atoms with Crippen LogP contribution in [0.3, 0.4) is 0 Å². The SMILES string of the molecule is CO/C(C(=N)OC1CC2COCC(C1)N2)=C(/N)Nc1ccc(C#N)cc1Cl. The van der Waals surface area contributed by atoms with E-state index in [4.69, 9.17) is 42.2 Å². The van der Waals surface area contributed by atoms with Gasteiger partial charge in [-0.1, -0.05) is 11.6 Å². The second kappa shape index (κ2) is 8.48. The molecule has 0 radical (unpaired) electrons. The number of halogens is 1. The van der Waals surface area contributed by atoms with E-state index < -0.39 is 0 Å². The van der Waals surface area contributed by atoms with Crippen molar-refractivity contribution in [1.29, 1.82) is 10.7 Å². The zero-order valence-corrected chi connectivity index (χ0v) is 15.7. The van der Waals surface area contributed by atoms with Crippen molar-refractivity contribution in [2.24, 2.45) is 5.73 Å². The van der Waals surface area contributed by atoms with E-state index in [1.807, 2.05) is 6.07 Å². The van der Waals surface area contributed by atoms with Crippen LogP contribution in [0.2, 0.25) is 5.02 Å². The Morgan fingerprint density at radius 2 is 2.11 bits per heavy atom. The van der Waals surface area contributed by atoms with Gasteiger partial charge in [-0.05, 0) is 18.2 Å². The first-order valence-corrected chi connectivity index (χ1v) is 8.97. The van der Waals surface area contributed by atoms with Crippen LogP contribution in [-0.2, 0) is 14.2 Å². The zero-order chi connectivity index (χ0) is 19.4. The normalized spacial score (nSPS) is 25.0. The Morgan fingerprint density at radius 3 is 2.70 bits per heavy atom. The number of hydrogen-bond acceptors (Lipinski definition) is 8. The Hall–Kier alpha value is -2.47. The summed E-state index contributed by atoms with van der Waals surface area (Å²) in [5.41, 5.74) is 7.01. The summed E-state index contributed by atoms with van der Waals surface area (Å²) in [5, 5.41) is 23.9. The third-order valence-corrected chi connectivity index (χ3v) is 4.82. The van der Waals surface area contributed by atoms with Gasteiger partial charge in [-0.3, -0.25) is 5.41 Å². The molecule has 3 rings (SSSR count). The molecular formula is C18H22ClN5O3. The van der Waals surface area contributed by atoms with Gasteiger partial charge in [0.2, 0.25) is 5.76 Å². The Bertz CT molecular complexity index is 780. The summed E-state index contributed by atoms with van der Waals surface area (Å²) < 4.78 is 16.6. The molecule has 2 aliphatic heterocycles. The molecule has 2 heterocycles. The number of nitriles is 1. The maximum Gasteiger partial charge on any atom is 0.253 e. The van der Waals surface area contributed by atoms with Crippen LogP contribution in [0.5, 0.6) is 0 Å². The van der Waals surface area contributed by atoms with E-state index in [2.05, 4.69) is 10.6 Å². The maximum atomic E-state index is 8.91. The van der Waals surface area contributed by atoms with Gasteiger partial charge in [0, 0.05) is 24.9 Å². The molecule has 8 nitrogen and oxygen atoms in total. The quantitative estimate of drug-likeness (QED) is 0.343. The number of fused-ring (bicyclic) bond motifs is 2. The van der Waals surface area contributed by atoms with Crippen molar-refractivity contribution in [2.45, 2.75) is 31.0 Å². The molecule has 0 spiro atoms. The van der Waals surface area contributed by atoms with Crippen LogP contribution in [0, 0.1) is 16.7 Å². The van der Waals surface area contributed by atoms with Crippen molar-refractivity contribution in [2.75, 3.05) is 25.6 Å². The molecule has 2 aliphatic rings. The molecular weight excluding hydrogens is 370 g/mol. The van der Waals surface area contributed by atoms with Gasteiger partial charge < -0.3 is 30.6 Å². The molecule has 1 aromatic rings. The van der Waals surface area contributed by atoms with Crippen molar-refractivity contribution >= 4 is 23.2 Å². The highest BCUT2D eigenvalue weighted by Gasteiger charge is 2.34. The van der Waals surface area contributed by atoms with Gasteiger partial charge in [0.05, 0.1) is 42.7 Å². The first-order chi connectivity index (χ1) is 13.0. The first kappa shape index (κ1) is 19.3. The van der Waals surface area contributed by atoms with Gasteiger partial charge in [-0.2, -0.15) is 5.26 Å². The summed E-state index contributed by atoms with van der Waals surface area (Å²) in [5.74, 6) is 0.0556. The van der Waals surface area contributed by atoms with Gasteiger partial charge in [-0.15, -0.1) is 0 Å². The average molecular weight is 392 g/mol. The Kier molecular flexibility index (Phi) is 6.06. The van der Waals surface area contributed by atoms with Gasteiger partial charge in [0.25, 0.3) is 5.90 Å². The second-order valence-corrected chi connectivity index (χ2v) is 6.92. The Balaban J connectivity index is 1.68. The van der Waals surface area contributed by atoms with E-state index >= 15 is 0 Å². The highest BCUT2D eigenvalue weighted by Crippen LogP contribution is 2.25. The van der Waals surface area contributed by atoms with Crippen LogP contribution >= 0.6 is 11.6 Å². The minimum atomic E-state index is -0.141. The minimum Gasteiger partial charge on any atom is -0.489 e. The molecule has 2 atom stereocenters. The number of anilines is 1. The molecule has 1 aromatic carbocycles. The predicted molar refractivity (Wildman–Crippen MR) is 101 cm³/mol. The largest absolute Gasteiger partial charge is 0.489 e. The van der Waals surface area contributed by atoms with E-state index in [-0.39, 0.29) is 35.7 Å². The van der Waals surface area contributed by atoms with E-state index in [0.717, 1.165) is 12.8 Å². The topological polar surface area (TPSA) is 125 Å². The smallest absolute Gasteiger partial charge is 0.253 e. The summed E-state index contributed by atoms with van der Waals surface area (Å²) in [6.07, 6.45) is 1.41. The second-order valence-electron chi connectivity index (χ2n) is 6.52. The third-order valence-electron chi connectivity index (χ3n) is 4.51. The van der Waals surface area contributed by atoms with Crippen LogP contribution in [0.25, 0.3) is 0 Å². The van der Waals surface area contributed by atoms with E-state index in [9.17, 15) is 0 Å². The van der Waals surface area contributed by atoms with Gasteiger partial charge >= 0.3 is 0 Å². The molecule has 27 heavy (non-hydrogen) atoms. The molecule has 144 valence electrons. The van der Waals surface area contributed by atoms with Crippen LogP contribution in [0.4, 0.5) is 5.69 Å². The lowest BCUT2D eigenvalue weighted by atomic mass is 9.95. The number of nitrogens with zero attached hydrogens (tertiary/aromatic N) is 1. The predicted octanol–water partition coefficient (Wildman–Crippen LogP) is 1.91. The molecule has 0 amide bonds. The minimum absolute atomic E-state index is 0.0929. The highest BCUT2D eigenvalue weighted by atomic mass is 35.5. The van der Waals surface area contributed by atoms with Crippen LogP contribution in [0.1, 0.15) is 18.4 Å². The van der Waals surface area contributed by atoms with Gasteiger partial charge in [0.15, 0.2) is 0 Å². The van der Waals surface area contributed by atoms with Crippen LogP contribution in [-0.4, -0.2) is 44.4 Å². The Morgan fingerprint density at radius 1 is 1.41 bits per heavy atom. The molecule has 9 heteroatoms. The van der Waals surface area contributed by atoms with E-state index in [1.54, 1.807) is 12.1 Å². The van der Waals surface area contributed by atoms with Crippen molar-refractivity contribution in [3.63, 3.8) is 0 Å². The molecule has 0 aromatic heterocycles. The number of rotatable bonds is 5. The molecule has 0 aliphatic carbocycles. The Labute approximate surface area is 162 Å². The molecule has 2 bridgehead atoms. The fourth-order valence-electron chi connectivity index (χ4n) is 3.31. The first-order valence-electron chi connectivity index (χ1n) is 8.60. The third kappa shape index (κ3) is 4.63. The lowest BCUT2D eigenvalue weighted by molar-refractivity contribution is -0.0164.